The van der Waals surface area contributed by atoms with Gasteiger partial charge in [-0.1, -0.05) is 13.8 Å². The van der Waals surface area contributed by atoms with Crippen molar-refractivity contribution in [1.29, 1.82) is 0 Å². The Morgan fingerprint density at radius 2 is 1.75 bits per heavy atom. The third-order valence-electron chi connectivity index (χ3n) is 4.06. The molecule has 0 aromatic heterocycles. The Labute approximate surface area is 98.8 Å². The van der Waals surface area contributed by atoms with Gasteiger partial charge in [-0.25, -0.2) is 0 Å². The lowest BCUT2D eigenvalue weighted by molar-refractivity contribution is -0.146. The van der Waals surface area contributed by atoms with Gasteiger partial charge >= 0.3 is 0 Å². The zero-order chi connectivity index (χ0) is 11.9. The van der Waals surface area contributed by atoms with Crippen LogP contribution in [0.2, 0.25) is 0 Å². The fourth-order valence-corrected chi connectivity index (χ4v) is 2.95. The van der Waals surface area contributed by atoms with E-state index in [4.69, 9.17) is 0 Å². The molecule has 0 unspecified atom stereocenters. The summed E-state index contributed by atoms with van der Waals surface area (Å²) in [6.07, 6.45) is 1.27. The summed E-state index contributed by atoms with van der Waals surface area (Å²) in [4.78, 5) is 16.4. The fourth-order valence-electron chi connectivity index (χ4n) is 2.95. The number of hydrogen-bond donors (Lipinski definition) is 0. The van der Waals surface area contributed by atoms with E-state index in [0.717, 1.165) is 13.1 Å². The van der Waals surface area contributed by atoms with Crippen LogP contribution in [0.4, 0.5) is 0 Å². The first kappa shape index (κ1) is 11.9. The summed E-state index contributed by atoms with van der Waals surface area (Å²) in [5.74, 6) is 0.480. The molecule has 92 valence electrons. The van der Waals surface area contributed by atoms with Crippen LogP contribution in [0.15, 0.2) is 0 Å². The number of hydrogen-bond acceptors (Lipinski definition) is 2. The van der Waals surface area contributed by atoms with E-state index in [1.165, 1.54) is 19.5 Å². The molecule has 1 spiro atoms. The molecule has 2 heterocycles. The number of carbonyl (C=O) groups is 1. The first-order chi connectivity index (χ1) is 7.43. The van der Waals surface area contributed by atoms with Crippen LogP contribution >= 0.6 is 0 Å². The summed E-state index contributed by atoms with van der Waals surface area (Å²) in [7, 11) is 0. The minimum Gasteiger partial charge on any atom is -0.341 e. The zero-order valence-electron chi connectivity index (χ0n) is 11.0. The molecule has 2 rings (SSSR count). The van der Waals surface area contributed by atoms with E-state index < -0.39 is 0 Å². The average molecular weight is 224 g/mol. The number of nitrogens with zero attached hydrogens (tertiary/aromatic N) is 2. The maximum absolute atomic E-state index is 11.8. The smallest absolute Gasteiger partial charge is 0.225 e. The monoisotopic (exact) mass is 224 g/mol. The second kappa shape index (κ2) is 4.02. The molecule has 0 saturated carbocycles. The molecule has 0 radical (unpaired) electrons. The Bertz CT molecular complexity index is 280. The van der Waals surface area contributed by atoms with Gasteiger partial charge in [0.05, 0.1) is 0 Å². The van der Waals surface area contributed by atoms with E-state index in [2.05, 4.69) is 18.7 Å². The molecular weight excluding hydrogens is 200 g/mol. The van der Waals surface area contributed by atoms with Crippen LogP contribution in [0.3, 0.4) is 0 Å². The second-order valence-corrected chi connectivity index (χ2v) is 6.16. The molecular formula is C13H24N2O. The molecule has 0 atom stereocenters. The lowest BCUT2D eigenvalue weighted by Gasteiger charge is -2.49. The predicted molar refractivity (Wildman–Crippen MR) is 65.2 cm³/mol. The first-order valence-electron chi connectivity index (χ1n) is 6.46. The largest absolute Gasteiger partial charge is 0.341 e. The lowest BCUT2D eigenvalue weighted by atomic mass is 9.78. The average Bonchev–Trinajstić information content (AvgIpc) is 2.58. The van der Waals surface area contributed by atoms with Gasteiger partial charge in [0.25, 0.3) is 0 Å². The summed E-state index contributed by atoms with van der Waals surface area (Å²) >= 11 is 0. The third-order valence-corrected chi connectivity index (χ3v) is 4.06. The van der Waals surface area contributed by atoms with E-state index in [0.29, 0.717) is 17.4 Å². The maximum Gasteiger partial charge on any atom is 0.225 e. The van der Waals surface area contributed by atoms with E-state index in [9.17, 15) is 4.79 Å². The van der Waals surface area contributed by atoms with Gasteiger partial charge in [0.1, 0.15) is 0 Å². The molecule has 3 heteroatoms. The van der Waals surface area contributed by atoms with Crippen LogP contribution in [-0.2, 0) is 4.79 Å². The van der Waals surface area contributed by atoms with Crippen LogP contribution in [0, 0.1) is 11.3 Å². The second-order valence-electron chi connectivity index (χ2n) is 6.16. The minimum absolute atomic E-state index is 0.153. The van der Waals surface area contributed by atoms with Crippen molar-refractivity contribution >= 4 is 5.91 Å². The lowest BCUT2D eigenvalue weighted by Crippen LogP contribution is -2.60. The highest BCUT2D eigenvalue weighted by molar-refractivity contribution is 5.79. The number of carbonyl (C=O) groups excluding carboxylic acids is 1. The van der Waals surface area contributed by atoms with Gasteiger partial charge in [0.2, 0.25) is 5.91 Å². The summed E-state index contributed by atoms with van der Waals surface area (Å²) in [5, 5.41) is 0. The first-order valence-corrected chi connectivity index (χ1v) is 6.46. The summed E-state index contributed by atoms with van der Waals surface area (Å²) in [6.45, 7) is 12.9. The molecule has 0 aromatic carbocycles. The van der Waals surface area contributed by atoms with Crippen LogP contribution in [-0.4, -0.2) is 47.9 Å². The Morgan fingerprint density at radius 3 is 2.19 bits per heavy atom. The summed E-state index contributed by atoms with van der Waals surface area (Å²) < 4.78 is 0. The molecule has 16 heavy (non-hydrogen) atoms. The molecule has 0 N–H and O–H groups in total. The Balaban J connectivity index is 1.86. The third kappa shape index (κ3) is 1.97. The normalized spacial score (nSPS) is 24.5. The summed E-state index contributed by atoms with van der Waals surface area (Å²) in [6, 6.07) is 0.647. The van der Waals surface area contributed by atoms with Gasteiger partial charge in [-0.3, -0.25) is 4.79 Å². The van der Waals surface area contributed by atoms with Crippen molar-refractivity contribution in [3.63, 3.8) is 0 Å². The SMILES string of the molecule is CC(C)C(=O)N1CC2(CCN(C(C)C)C2)C1. The quantitative estimate of drug-likeness (QED) is 0.711. The van der Waals surface area contributed by atoms with E-state index in [1.54, 1.807) is 0 Å². The van der Waals surface area contributed by atoms with Crippen LogP contribution in [0.1, 0.15) is 34.1 Å². The molecule has 3 nitrogen and oxygen atoms in total. The van der Waals surface area contributed by atoms with Crippen molar-refractivity contribution in [1.82, 2.24) is 9.80 Å². The molecule has 0 bridgehead atoms. The van der Waals surface area contributed by atoms with Gasteiger partial charge in [0.15, 0.2) is 0 Å². The highest BCUT2D eigenvalue weighted by Gasteiger charge is 2.49. The predicted octanol–water partition coefficient (Wildman–Crippen LogP) is 1.59. The van der Waals surface area contributed by atoms with E-state index >= 15 is 0 Å². The zero-order valence-corrected chi connectivity index (χ0v) is 11.0. The Hall–Kier alpha value is -0.570. The van der Waals surface area contributed by atoms with Crippen molar-refractivity contribution in [3.05, 3.63) is 0 Å². The molecule has 0 aliphatic carbocycles. The standard InChI is InChI=1S/C13H24N2O/c1-10(2)12(16)15-8-13(9-15)5-6-14(7-13)11(3)4/h10-11H,5-9H2,1-4H3. The molecule has 2 aliphatic heterocycles. The van der Waals surface area contributed by atoms with Crippen molar-refractivity contribution in [3.8, 4) is 0 Å². The number of likely N-dealkylation sites (tertiary alicyclic amines) is 2. The van der Waals surface area contributed by atoms with Gasteiger partial charge in [-0.2, -0.15) is 0 Å². The van der Waals surface area contributed by atoms with E-state index in [1.807, 2.05) is 18.7 Å². The fraction of sp³-hybridized carbons (Fsp3) is 0.923. The van der Waals surface area contributed by atoms with Crippen molar-refractivity contribution in [2.75, 3.05) is 26.2 Å². The van der Waals surface area contributed by atoms with Crippen LogP contribution < -0.4 is 0 Å². The molecule has 0 aromatic rings. The molecule has 2 saturated heterocycles. The highest BCUT2D eigenvalue weighted by Crippen LogP contribution is 2.40. The highest BCUT2D eigenvalue weighted by atomic mass is 16.2. The maximum atomic E-state index is 11.8. The van der Waals surface area contributed by atoms with Crippen LogP contribution in [0.25, 0.3) is 0 Å². The van der Waals surface area contributed by atoms with Gasteiger partial charge < -0.3 is 9.80 Å². The van der Waals surface area contributed by atoms with Crippen LogP contribution in [0.5, 0.6) is 0 Å². The van der Waals surface area contributed by atoms with Crippen molar-refractivity contribution < 1.29 is 4.79 Å². The molecule has 1 amide bonds. The topological polar surface area (TPSA) is 23.6 Å². The van der Waals surface area contributed by atoms with Gasteiger partial charge in [-0.05, 0) is 26.8 Å². The summed E-state index contributed by atoms with van der Waals surface area (Å²) in [5.41, 5.74) is 0.439. The molecule has 2 aliphatic rings. The number of rotatable bonds is 2. The minimum atomic E-state index is 0.153. The molecule has 2 fully saturated rings. The van der Waals surface area contributed by atoms with Gasteiger partial charge in [0, 0.05) is 37.0 Å². The Morgan fingerprint density at radius 1 is 1.12 bits per heavy atom. The van der Waals surface area contributed by atoms with Crippen molar-refractivity contribution in [2.45, 2.75) is 40.2 Å². The Kier molecular flexibility index (Phi) is 2.99. The van der Waals surface area contributed by atoms with E-state index in [-0.39, 0.29) is 5.92 Å². The van der Waals surface area contributed by atoms with Gasteiger partial charge in [-0.15, -0.1) is 0 Å². The van der Waals surface area contributed by atoms with Crippen molar-refractivity contribution in [2.24, 2.45) is 11.3 Å². The number of amides is 1.